The Morgan fingerprint density at radius 3 is 2.82 bits per heavy atom. The number of rotatable bonds is 2. The Morgan fingerprint density at radius 1 is 1.41 bits per heavy atom. The maximum atomic E-state index is 12.1. The zero-order valence-electron chi connectivity index (χ0n) is 12.2. The number of aromatic nitrogens is 2. The predicted molar refractivity (Wildman–Crippen MR) is 87.3 cm³/mol. The summed E-state index contributed by atoms with van der Waals surface area (Å²) in [6.45, 7) is 1.47. The third-order valence-corrected chi connectivity index (χ3v) is 4.38. The number of fused-ring (bicyclic) bond motifs is 1. The lowest BCUT2D eigenvalue weighted by Crippen LogP contribution is -2.36. The molecule has 3 rings (SSSR count). The van der Waals surface area contributed by atoms with E-state index < -0.39 is 0 Å². The average molecular weight is 337 g/mol. The molecule has 0 aromatic carbocycles. The molecule has 0 N–H and O–H groups in total. The Kier molecular flexibility index (Phi) is 3.98. The summed E-state index contributed by atoms with van der Waals surface area (Å²) in [6, 6.07) is 3.63. The van der Waals surface area contributed by atoms with Gasteiger partial charge in [-0.2, -0.15) is 0 Å². The first-order valence-electron chi connectivity index (χ1n) is 6.85. The topological polar surface area (TPSA) is 44.1 Å². The number of nitrogens with zero attached hydrogens (tertiary/aromatic N) is 2. The minimum atomic E-state index is -0.169. The van der Waals surface area contributed by atoms with E-state index >= 15 is 0 Å². The summed E-state index contributed by atoms with van der Waals surface area (Å²) in [7, 11) is 1.60. The fraction of sp³-hybridized carbons (Fsp3) is 0.250. The minimum absolute atomic E-state index is 0.169. The minimum Gasteiger partial charge on any atom is -0.499 e. The van der Waals surface area contributed by atoms with Crippen molar-refractivity contribution >= 4 is 40.9 Å². The molecule has 0 radical (unpaired) electrons. The van der Waals surface area contributed by atoms with Crippen LogP contribution < -0.4 is 10.6 Å². The van der Waals surface area contributed by atoms with Crippen molar-refractivity contribution in [3.05, 3.63) is 39.2 Å². The smallest absolute Gasteiger partial charge is 0.229 e. The van der Waals surface area contributed by atoms with Crippen LogP contribution >= 0.6 is 23.2 Å². The first-order valence-corrected chi connectivity index (χ1v) is 7.61. The van der Waals surface area contributed by atoms with Crippen LogP contribution in [0, 0.1) is 0 Å². The second kappa shape index (κ2) is 5.78. The highest BCUT2D eigenvalue weighted by atomic mass is 35.5. The molecule has 22 heavy (non-hydrogen) atoms. The number of carbonyl (C=O) groups excluding carboxylic acids is 1. The lowest BCUT2D eigenvalue weighted by molar-refractivity contribution is 0.0932. The molecule has 2 aromatic heterocycles. The van der Waals surface area contributed by atoms with Crippen molar-refractivity contribution in [2.75, 3.05) is 7.11 Å². The Hall–Kier alpha value is -1.78. The van der Waals surface area contributed by atoms with E-state index in [1.54, 1.807) is 19.4 Å². The van der Waals surface area contributed by atoms with E-state index in [-0.39, 0.29) is 5.91 Å². The van der Waals surface area contributed by atoms with Gasteiger partial charge in [-0.05, 0) is 18.6 Å². The van der Waals surface area contributed by atoms with E-state index in [0.717, 1.165) is 29.4 Å². The van der Waals surface area contributed by atoms with Crippen molar-refractivity contribution in [2.24, 2.45) is 0 Å². The van der Waals surface area contributed by atoms with Gasteiger partial charge in [-0.1, -0.05) is 29.3 Å². The zero-order chi connectivity index (χ0) is 15.9. The quantitative estimate of drug-likeness (QED) is 0.792. The first-order chi connectivity index (χ1) is 10.6. The number of carbonyl (C=O) groups is 1. The standard InChI is InChI=1S/C16H14Cl2N2O2/c1-9(21)20-14-10(5-3-7-12(14)22-2)13(16(20)18)11-6-4-8-19-15(11)17/h4-6,8H,3,7H2,1-2H3. The van der Waals surface area contributed by atoms with E-state index in [9.17, 15) is 4.79 Å². The molecule has 0 amide bonds. The van der Waals surface area contributed by atoms with Gasteiger partial charge in [0.15, 0.2) is 0 Å². The molecule has 2 aromatic rings. The van der Waals surface area contributed by atoms with Crippen LogP contribution in [-0.4, -0.2) is 22.6 Å². The fourth-order valence-corrected chi connectivity index (χ4v) is 3.44. The summed E-state index contributed by atoms with van der Waals surface area (Å²) >= 11 is 12.7. The second-order valence-corrected chi connectivity index (χ2v) is 5.71. The van der Waals surface area contributed by atoms with Gasteiger partial charge in [-0.25, -0.2) is 4.98 Å². The molecular formula is C16H14Cl2N2O2. The number of methoxy groups -OCH3 is 1. The first kappa shape index (κ1) is 15.1. The highest BCUT2D eigenvalue weighted by Crippen LogP contribution is 2.30. The molecule has 0 spiro atoms. The van der Waals surface area contributed by atoms with Gasteiger partial charge in [0.2, 0.25) is 5.91 Å². The predicted octanol–water partition coefficient (Wildman–Crippen LogP) is 2.85. The zero-order valence-corrected chi connectivity index (χ0v) is 13.7. The molecule has 1 aliphatic carbocycles. The molecule has 0 aliphatic heterocycles. The molecule has 0 fully saturated rings. The Labute approximate surface area is 137 Å². The summed E-state index contributed by atoms with van der Waals surface area (Å²) in [5.41, 5.74) is 1.43. The van der Waals surface area contributed by atoms with Gasteiger partial charge in [0.05, 0.1) is 12.5 Å². The van der Waals surface area contributed by atoms with Crippen LogP contribution in [0.2, 0.25) is 10.3 Å². The van der Waals surface area contributed by atoms with Gasteiger partial charge in [-0.15, -0.1) is 0 Å². The van der Waals surface area contributed by atoms with Gasteiger partial charge >= 0.3 is 0 Å². The van der Waals surface area contributed by atoms with E-state index in [0.29, 0.717) is 21.2 Å². The molecule has 2 heterocycles. The Morgan fingerprint density at radius 2 is 2.18 bits per heavy atom. The highest BCUT2D eigenvalue weighted by molar-refractivity contribution is 6.36. The monoisotopic (exact) mass is 336 g/mol. The molecule has 4 nitrogen and oxygen atoms in total. The SMILES string of the molecule is COC1=c2c(c(-c3cccnc3Cl)c(Cl)n2C(C)=O)=CCC1. The van der Waals surface area contributed by atoms with Crippen molar-refractivity contribution in [3.8, 4) is 11.1 Å². The lowest BCUT2D eigenvalue weighted by Gasteiger charge is -2.09. The van der Waals surface area contributed by atoms with Crippen LogP contribution in [0.25, 0.3) is 23.0 Å². The molecule has 0 atom stereocenters. The Balaban J connectivity index is 2.51. The van der Waals surface area contributed by atoms with Crippen LogP contribution in [0.3, 0.4) is 0 Å². The Bertz CT molecular complexity index is 884. The van der Waals surface area contributed by atoms with Gasteiger partial charge in [0.25, 0.3) is 0 Å². The highest BCUT2D eigenvalue weighted by Gasteiger charge is 2.23. The molecule has 0 saturated carbocycles. The van der Waals surface area contributed by atoms with Crippen molar-refractivity contribution in [2.45, 2.75) is 19.8 Å². The molecule has 0 saturated heterocycles. The number of pyridine rings is 1. The number of ether oxygens (including phenoxy) is 1. The molecule has 0 unspecified atom stereocenters. The van der Waals surface area contributed by atoms with Crippen LogP contribution in [-0.2, 0) is 4.74 Å². The molecule has 0 bridgehead atoms. The second-order valence-electron chi connectivity index (χ2n) is 4.99. The summed E-state index contributed by atoms with van der Waals surface area (Å²) in [5, 5.41) is 2.27. The van der Waals surface area contributed by atoms with Gasteiger partial charge in [0.1, 0.15) is 16.1 Å². The normalized spacial score (nSPS) is 13.5. The maximum Gasteiger partial charge on any atom is 0.229 e. The summed E-state index contributed by atoms with van der Waals surface area (Å²) < 4.78 is 6.94. The third kappa shape index (κ3) is 2.23. The van der Waals surface area contributed by atoms with Crippen LogP contribution in [0.1, 0.15) is 24.6 Å². The van der Waals surface area contributed by atoms with E-state index in [1.807, 2.05) is 6.07 Å². The van der Waals surface area contributed by atoms with Crippen molar-refractivity contribution in [3.63, 3.8) is 0 Å². The summed E-state index contributed by atoms with van der Waals surface area (Å²) in [5.74, 6) is 0.582. The number of hydrogen-bond acceptors (Lipinski definition) is 3. The van der Waals surface area contributed by atoms with Crippen LogP contribution in [0.15, 0.2) is 18.3 Å². The van der Waals surface area contributed by atoms with E-state index in [2.05, 4.69) is 11.1 Å². The van der Waals surface area contributed by atoms with E-state index in [1.165, 1.54) is 11.5 Å². The number of halogens is 2. The molecular weight excluding hydrogens is 323 g/mol. The summed E-state index contributed by atoms with van der Waals surface area (Å²) in [4.78, 5) is 16.2. The molecule has 6 heteroatoms. The van der Waals surface area contributed by atoms with Crippen LogP contribution in [0.5, 0.6) is 0 Å². The van der Waals surface area contributed by atoms with Gasteiger partial charge in [0, 0.05) is 35.9 Å². The molecule has 114 valence electrons. The van der Waals surface area contributed by atoms with Gasteiger partial charge in [-0.3, -0.25) is 9.36 Å². The largest absolute Gasteiger partial charge is 0.499 e. The fourth-order valence-electron chi connectivity index (χ4n) is 2.82. The van der Waals surface area contributed by atoms with Crippen molar-refractivity contribution < 1.29 is 9.53 Å². The maximum absolute atomic E-state index is 12.1. The van der Waals surface area contributed by atoms with Gasteiger partial charge < -0.3 is 4.74 Å². The van der Waals surface area contributed by atoms with Crippen molar-refractivity contribution in [1.82, 2.24) is 9.55 Å². The summed E-state index contributed by atoms with van der Waals surface area (Å²) in [6.07, 6.45) is 5.23. The van der Waals surface area contributed by atoms with Crippen LogP contribution in [0.4, 0.5) is 0 Å². The molecule has 1 aliphatic rings. The number of hydrogen-bond donors (Lipinski definition) is 0. The lowest BCUT2D eigenvalue weighted by atomic mass is 10.0. The van der Waals surface area contributed by atoms with Crippen molar-refractivity contribution in [1.29, 1.82) is 0 Å². The van der Waals surface area contributed by atoms with E-state index in [4.69, 9.17) is 27.9 Å². The third-order valence-electron chi connectivity index (χ3n) is 3.72. The average Bonchev–Trinajstić information content (AvgIpc) is 2.80.